The van der Waals surface area contributed by atoms with Gasteiger partial charge in [0.25, 0.3) is 0 Å². The van der Waals surface area contributed by atoms with Crippen molar-refractivity contribution in [2.24, 2.45) is 0 Å². The number of hydrogen-bond acceptors (Lipinski definition) is 4. The van der Waals surface area contributed by atoms with Crippen LogP contribution in [0.2, 0.25) is 0 Å². The molecular formula is C11H20N4O2S. The zero-order valence-corrected chi connectivity index (χ0v) is 11.8. The average molecular weight is 272 g/mol. The molecule has 0 aliphatic rings. The van der Waals surface area contributed by atoms with E-state index in [0.717, 1.165) is 18.7 Å². The molecule has 1 aromatic heterocycles. The van der Waals surface area contributed by atoms with Crippen molar-refractivity contribution in [3.05, 3.63) is 24.0 Å². The molecule has 1 rings (SSSR count). The molecule has 0 saturated carbocycles. The molecule has 1 heterocycles. The molecule has 0 aliphatic carbocycles. The van der Waals surface area contributed by atoms with Crippen LogP contribution in [0.15, 0.2) is 18.3 Å². The smallest absolute Gasteiger partial charge is 0.301 e. The average Bonchev–Trinajstić information content (AvgIpc) is 2.32. The van der Waals surface area contributed by atoms with Gasteiger partial charge in [0, 0.05) is 19.3 Å². The minimum atomic E-state index is -3.49. The van der Waals surface area contributed by atoms with E-state index >= 15 is 0 Å². The first-order chi connectivity index (χ1) is 8.45. The van der Waals surface area contributed by atoms with Crippen LogP contribution in [0.5, 0.6) is 0 Å². The summed E-state index contributed by atoms with van der Waals surface area (Å²) in [5.41, 5.74) is 1.32. The lowest BCUT2D eigenvalue weighted by Gasteiger charge is -2.18. The molecule has 0 unspecified atom stereocenters. The van der Waals surface area contributed by atoms with Crippen molar-refractivity contribution in [1.29, 1.82) is 0 Å². The Hall–Kier alpha value is -1.18. The normalized spacial score (nSPS) is 11.8. The van der Waals surface area contributed by atoms with Crippen molar-refractivity contribution in [3.63, 3.8) is 0 Å². The Bertz CT molecular complexity index is 458. The fourth-order valence-electron chi connectivity index (χ4n) is 1.35. The second-order valence-corrected chi connectivity index (χ2v) is 5.85. The molecule has 0 radical (unpaired) electrons. The van der Waals surface area contributed by atoms with Crippen LogP contribution in [0.4, 0.5) is 5.69 Å². The fourth-order valence-corrected chi connectivity index (χ4v) is 2.30. The van der Waals surface area contributed by atoms with E-state index in [-0.39, 0.29) is 0 Å². The molecule has 0 amide bonds. The maximum atomic E-state index is 11.9. The van der Waals surface area contributed by atoms with E-state index in [2.05, 4.69) is 15.0 Å². The van der Waals surface area contributed by atoms with Crippen molar-refractivity contribution in [1.82, 2.24) is 14.6 Å². The van der Waals surface area contributed by atoms with E-state index in [4.69, 9.17) is 0 Å². The Morgan fingerprint density at radius 2 is 2.11 bits per heavy atom. The number of rotatable bonds is 7. The highest BCUT2D eigenvalue weighted by Crippen LogP contribution is 2.09. The molecule has 0 bridgehead atoms. The summed E-state index contributed by atoms with van der Waals surface area (Å²) in [6.07, 6.45) is 2.27. The summed E-state index contributed by atoms with van der Waals surface area (Å²) in [6.45, 7) is 3.10. The van der Waals surface area contributed by atoms with Crippen LogP contribution in [0.3, 0.4) is 0 Å². The van der Waals surface area contributed by atoms with Crippen molar-refractivity contribution in [2.45, 2.75) is 13.3 Å². The van der Waals surface area contributed by atoms with Crippen LogP contribution in [-0.4, -0.2) is 44.9 Å². The van der Waals surface area contributed by atoms with Gasteiger partial charge in [-0.3, -0.25) is 9.71 Å². The van der Waals surface area contributed by atoms with E-state index in [1.807, 2.05) is 14.0 Å². The SMILES string of the molecule is CNCCCN(C)S(=O)(=O)Nc1ccc(C)nc1. The largest absolute Gasteiger partial charge is 0.320 e. The first-order valence-corrected chi connectivity index (χ1v) is 7.21. The molecule has 0 aliphatic heterocycles. The number of hydrogen-bond donors (Lipinski definition) is 2. The van der Waals surface area contributed by atoms with Crippen LogP contribution < -0.4 is 10.0 Å². The number of pyridine rings is 1. The summed E-state index contributed by atoms with van der Waals surface area (Å²) in [6, 6.07) is 3.46. The number of aryl methyl sites for hydroxylation is 1. The van der Waals surface area contributed by atoms with E-state index in [0.29, 0.717) is 12.2 Å². The third kappa shape index (κ3) is 4.59. The quantitative estimate of drug-likeness (QED) is 0.712. The lowest BCUT2D eigenvalue weighted by Crippen LogP contribution is -2.34. The van der Waals surface area contributed by atoms with Gasteiger partial charge in [-0.1, -0.05) is 0 Å². The van der Waals surface area contributed by atoms with Crippen LogP contribution in [0, 0.1) is 6.92 Å². The van der Waals surface area contributed by atoms with Crippen molar-refractivity contribution in [2.75, 3.05) is 31.9 Å². The molecular weight excluding hydrogens is 252 g/mol. The minimum Gasteiger partial charge on any atom is -0.320 e. The van der Waals surface area contributed by atoms with Crippen molar-refractivity contribution >= 4 is 15.9 Å². The molecule has 2 N–H and O–H groups in total. The predicted octanol–water partition coefficient (Wildman–Crippen LogP) is 0.588. The third-order valence-corrected chi connectivity index (χ3v) is 3.97. The lowest BCUT2D eigenvalue weighted by atomic mass is 10.4. The van der Waals surface area contributed by atoms with Gasteiger partial charge in [-0.15, -0.1) is 0 Å². The van der Waals surface area contributed by atoms with Gasteiger partial charge in [0.2, 0.25) is 0 Å². The summed E-state index contributed by atoms with van der Waals surface area (Å²) in [5, 5.41) is 2.98. The molecule has 0 saturated heterocycles. The van der Waals surface area contributed by atoms with E-state index in [1.165, 1.54) is 10.5 Å². The lowest BCUT2D eigenvalue weighted by molar-refractivity contribution is 0.462. The highest BCUT2D eigenvalue weighted by atomic mass is 32.2. The van der Waals surface area contributed by atoms with Gasteiger partial charge >= 0.3 is 10.2 Å². The molecule has 7 heteroatoms. The Morgan fingerprint density at radius 1 is 1.39 bits per heavy atom. The Morgan fingerprint density at radius 3 is 2.67 bits per heavy atom. The molecule has 1 aromatic rings. The van der Waals surface area contributed by atoms with E-state index in [9.17, 15) is 8.42 Å². The molecule has 102 valence electrons. The van der Waals surface area contributed by atoms with Gasteiger partial charge in [-0.2, -0.15) is 12.7 Å². The summed E-state index contributed by atoms with van der Waals surface area (Å²) >= 11 is 0. The summed E-state index contributed by atoms with van der Waals surface area (Å²) in [5.74, 6) is 0. The Labute approximate surface area is 109 Å². The monoisotopic (exact) mass is 272 g/mol. The van der Waals surface area contributed by atoms with Gasteiger partial charge in [0.15, 0.2) is 0 Å². The third-order valence-electron chi connectivity index (χ3n) is 2.47. The summed E-state index contributed by atoms with van der Waals surface area (Å²) in [7, 11) is -0.0979. The van der Waals surface area contributed by atoms with E-state index < -0.39 is 10.2 Å². The maximum absolute atomic E-state index is 11.9. The summed E-state index contributed by atoms with van der Waals surface area (Å²) in [4.78, 5) is 4.04. The van der Waals surface area contributed by atoms with Crippen molar-refractivity contribution < 1.29 is 8.42 Å². The highest BCUT2D eigenvalue weighted by molar-refractivity contribution is 7.90. The minimum absolute atomic E-state index is 0.468. The Balaban J connectivity index is 2.60. The molecule has 0 spiro atoms. The van der Waals surface area contributed by atoms with Crippen molar-refractivity contribution in [3.8, 4) is 0 Å². The molecule has 0 aromatic carbocycles. The Kier molecular flexibility index (Phi) is 5.52. The van der Waals surface area contributed by atoms with Gasteiger partial charge in [-0.25, -0.2) is 0 Å². The van der Waals surface area contributed by atoms with E-state index in [1.54, 1.807) is 19.2 Å². The first kappa shape index (κ1) is 14.9. The van der Waals surface area contributed by atoms with Crippen LogP contribution in [0.1, 0.15) is 12.1 Å². The van der Waals surface area contributed by atoms with Gasteiger partial charge in [0.05, 0.1) is 11.9 Å². The second kappa shape index (κ2) is 6.67. The molecule has 0 atom stereocenters. The molecule has 18 heavy (non-hydrogen) atoms. The number of nitrogens with one attached hydrogen (secondary N) is 2. The second-order valence-electron chi connectivity index (χ2n) is 4.07. The zero-order valence-electron chi connectivity index (χ0n) is 11.0. The topological polar surface area (TPSA) is 74.3 Å². The van der Waals surface area contributed by atoms with Crippen LogP contribution in [-0.2, 0) is 10.2 Å². The van der Waals surface area contributed by atoms with Gasteiger partial charge < -0.3 is 5.32 Å². The van der Waals surface area contributed by atoms with Crippen LogP contribution >= 0.6 is 0 Å². The van der Waals surface area contributed by atoms with Gasteiger partial charge in [0.1, 0.15) is 0 Å². The number of anilines is 1. The fraction of sp³-hybridized carbons (Fsp3) is 0.545. The zero-order chi connectivity index (χ0) is 13.6. The van der Waals surface area contributed by atoms with Gasteiger partial charge in [-0.05, 0) is 39.1 Å². The highest BCUT2D eigenvalue weighted by Gasteiger charge is 2.16. The standard InChI is InChI=1S/C11H20N4O2S/c1-10-5-6-11(9-13-10)14-18(16,17)15(3)8-4-7-12-2/h5-6,9,12,14H,4,7-8H2,1-3H3. The molecule has 0 fully saturated rings. The van der Waals surface area contributed by atoms with Crippen LogP contribution in [0.25, 0.3) is 0 Å². The summed E-state index contributed by atoms with van der Waals surface area (Å²) < 4.78 is 27.7. The molecule has 6 nitrogen and oxygen atoms in total. The first-order valence-electron chi connectivity index (χ1n) is 5.77. The number of nitrogens with zero attached hydrogens (tertiary/aromatic N) is 2. The maximum Gasteiger partial charge on any atom is 0.301 e. The number of aromatic nitrogens is 1. The predicted molar refractivity (Wildman–Crippen MR) is 72.7 cm³/mol.